The molecule has 1 aliphatic rings. The lowest BCUT2D eigenvalue weighted by Gasteiger charge is -2.36. The standard InChI is InChI=1S/C16H23F3N2O2.ClH/c1-22-12-3-4-13(15(11-12)23-2)14(5-6-16(17,18)19)21-9-7-20-8-10-21;/h3-4,11,14,20H,5-10H2,1-2H3;1H/t14-;/m1./s1. The van der Waals surface area contributed by atoms with E-state index in [9.17, 15) is 13.2 Å². The third-order valence-electron chi connectivity index (χ3n) is 4.09. The second-order valence-electron chi connectivity index (χ2n) is 5.56. The van der Waals surface area contributed by atoms with E-state index < -0.39 is 12.6 Å². The topological polar surface area (TPSA) is 33.7 Å². The van der Waals surface area contributed by atoms with Crippen LogP contribution < -0.4 is 14.8 Å². The molecule has 2 rings (SSSR count). The second kappa shape index (κ2) is 9.34. The van der Waals surface area contributed by atoms with Crippen molar-refractivity contribution in [1.29, 1.82) is 0 Å². The molecule has 0 bridgehead atoms. The summed E-state index contributed by atoms with van der Waals surface area (Å²) in [6.45, 7) is 3.00. The van der Waals surface area contributed by atoms with Crippen molar-refractivity contribution in [1.82, 2.24) is 10.2 Å². The van der Waals surface area contributed by atoms with Gasteiger partial charge in [0.1, 0.15) is 11.5 Å². The lowest BCUT2D eigenvalue weighted by atomic mass is 9.98. The number of rotatable bonds is 6. The summed E-state index contributed by atoms with van der Waals surface area (Å²) in [5, 5.41) is 3.23. The van der Waals surface area contributed by atoms with Crippen molar-refractivity contribution in [3.05, 3.63) is 23.8 Å². The highest BCUT2D eigenvalue weighted by Gasteiger charge is 2.32. The zero-order valence-electron chi connectivity index (χ0n) is 13.9. The lowest BCUT2D eigenvalue weighted by molar-refractivity contribution is -0.138. The Bertz CT molecular complexity index is 509. The van der Waals surface area contributed by atoms with Crippen LogP contribution in [0.1, 0.15) is 24.4 Å². The maximum atomic E-state index is 12.7. The normalized spacial score (nSPS) is 17.0. The molecule has 24 heavy (non-hydrogen) atoms. The number of hydrogen-bond acceptors (Lipinski definition) is 4. The van der Waals surface area contributed by atoms with Gasteiger partial charge in [-0.1, -0.05) is 6.07 Å². The van der Waals surface area contributed by atoms with Gasteiger partial charge in [0.2, 0.25) is 0 Å². The first-order valence-electron chi connectivity index (χ1n) is 7.68. The Morgan fingerprint density at radius 3 is 2.38 bits per heavy atom. The Morgan fingerprint density at radius 2 is 1.83 bits per heavy atom. The summed E-state index contributed by atoms with van der Waals surface area (Å²) in [5.41, 5.74) is 0.777. The zero-order valence-corrected chi connectivity index (χ0v) is 14.7. The summed E-state index contributed by atoms with van der Waals surface area (Å²) < 4.78 is 48.7. The number of ether oxygens (including phenoxy) is 2. The predicted octanol–water partition coefficient (Wildman–Crippen LogP) is 3.41. The number of halogens is 4. The van der Waals surface area contributed by atoms with Crippen LogP contribution in [0.4, 0.5) is 13.2 Å². The van der Waals surface area contributed by atoms with Crippen LogP contribution in [0.2, 0.25) is 0 Å². The van der Waals surface area contributed by atoms with E-state index in [2.05, 4.69) is 10.2 Å². The van der Waals surface area contributed by atoms with Crippen molar-refractivity contribution in [2.75, 3.05) is 40.4 Å². The SMILES string of the molecule is COc1ccc([C@@H](CCC(F)(F)F)N2CCNCC2)c(OC)c1.Cl. The zero-order chi connectivity index (χ0) is 16.9. The lowest BCUT2D eigenvalue weighted by Crippen LogP contribution is -2.45. The van der Waals surface area contributed by atoms with Crippen LogP contribution in [-0.2, 0) is 0 Å². The molecule has 0 amide bonds. The Morgan fingerprint density at radius 1 is 1.17 bits per heavy atom. The predicted molar refractivity (Wildman–Crippen MR) is 89.3 cm³/mol. The highest BCUT2D eigenvalue weighted by atomic mass is 35.5. The fourth-order valence-electron chi connectivity index (χ4n) is 2.92. The van der Waals surface area contributed by atoms with Crippen LogP contribution in [0.15, 0.2) is 18.2 Å². The molecule has 8 heteroatoms. The molecule has 0 radical (unpaired) electrons. The van der Waals surface area contributed by atoms with Crippen molar-refractivity contribution in [2.45, 2.75) is 25.1 Å². The summed E-state index contributed by atoms with van der Waals surface area (Å²) in [4.78, 5) is 2.09. The van der Waals surface area contributed by atoms with E-state index in [0.29, 0.717) is 11.5 Å². The number of nitrogens with zero attached hydrogens (tertiary/aromatic N) is 1. The van der Waals surface area contributed by atoms with E-state index in [4.69, 9.17) is 9.47 Å². The third kappa shape index (κ3) is 5.72. The van der Waals surface area contributed by atoms with Crippen LogP contribution in [0.5, 0.6) is 11.5 Å². The van der Waals surface area contributed by atoms with Gasteiger partial charge in [-0.25, -0.2) is 0 Å². The van der Waals surface area contributed by atoms with Gasteiger partial charge in [0.15, 0.2) is 0 Å². The first kappa shape index (κ1) is 20.9. The number of benzene rings is 1. The van der Waals surface area contributed by atoms with Gasteiger partial charge in [-0.3, -0.25) is 4.90 Å². The van der Waals surface area contributed by atoms with Gasteiger partial charge in [0.05, 0.1) is 14.2 Å². The van der Waals surface area contributed by atoms with Gasteiger partial charge in [0, 0.05) is 50.3 Å². The smallest absolute Gasteiger partial charge is 0.389 e. The van der Waals surface area contributed by atoms with E-state index in [0.717, 1.165) is 31.7 Å². The molecule has 1 fully saturated rings. The first-order valence-corrected chi connectivity index (χ1v) is 7.68. The number of nitrogens with one attached hydrogen (secondary N) is 1. The average molecular weight is 369 g/mol. The van der Waals surface area contributed by atoms with Crippen LogP contribution in [0, 0.1) is 0 Å². The van der Waals surface area contributed by atoms with Gasteiger partial charge in [-0.05, 0) is 12.5 Å². The third-order valence-corrected chi connectivity index (χ3v) is 4.09. The molecule has 0 unspecified atom stereocenters. The van der Waals surface area contributed by atoms with Crippen LogP contribution in [-0.4, -0.2) is 51.5 Å². The number of alkyl halides is 3. The summed E-state index contributed by atoms with van der Waals surface area (Å²) in [6.07, 6.45) is -4.95. The Hall–Kier alpha value is -1.18. The van der Waals surface area contributed by atoms with Gasteiger partial charge < -0.3 is 14.8 Å². The van der Waals surface area contributed by atoms with Crippen molar-refractivity contribution in [3.8, 4) is 11.5 Å². The largest absolute Gasteiger partial charge is 0.497 e. The van der Waals surface area contributed by atoms with E-state index in [1.165, 1.54) is 7.11 Å². The molecule has 1 atom stereocenters. The molecular weight excluding hydrogens is 345 g/mol. The van der Waals surface area contributed by atoms with E-state index >= 15 is 0 Å². The van der Waals surface area contributed by atoms with E-state index in [1.807, 2.05) is 0 Å². The quantitative estimate of drug-likeness (QED) is 0.834. The van der Waals surface area contributed by atoms with E-state index in [-0.39, 0.29) is 24.9 Å². The van der Waals surface area contributed by atoms with Gasteiger partial charge in [-0.15, -0.1) is 12.4 Å². The monoisotopic (exact) mass is 368 g/mol. The molecule has 0 aliphatic carbocycles. The molecular formula is C16H24ClF3N2O2. The second-order valence-corrected chi connectivity index (χ2v) is 5.56. The number of hydrogen-bond donors (Lipinski definition) is 1. The van der Waals surface area contributed by atoms with Crippen molar-refractivity contribution in [2.24, 2.45) is 0 Å². The molecule has 1 saturated heterocycles. The van der Waals surface area contributed by atoms with Crippen molar-refractivity contribution >= 4 is 12.4 Å². The fraction of sp³-hybridized carbons (Fsp3) is 0.625. The van der Waals surface area contributed by atoms with Gasteiger partial charge in [-0.2, -0.15) is 13.2 Å². The van der Waals surface area contributed by atoms with Crippen LogP contribution in [0.25, 0.3) is 0 Å². The summed E-state index contributed by atoms with van der Waals surface area (Å²) >= 11 is 0. The summed E-state index contributed by atoms with van der Waals surface area (Å²) in [6, 6.07) is 4.97. The Kier molecular flexibility index (Phi) is 8.12. The molecule has 4 nitrogen and oxygen atoms in total. The van der Waals surface area contributed by atoms with Gasteiger partial charge in [0.25, 0.3) is 0 Å². The minimum absolute atomic E-state index is 0. The highest BCUT2D eigenvalue weighted by Crippen LogP contribution is 2.37. The maximum absolute atomic E-state index is 12.7. The Balaban J connectivity index is 0.00000288. The molecule has 1 aromatic rings. The van der Waals surface area contributed by atoms with Gasteiger partial charge >= 0.3 is 6.18 Å². The van der Waals surface area contributed by atoms with Crippen LogP contribution in [0.3, 0.4) is 0 Å². The number of piperazine rings is 1. The molecule has 1 heterocycles. The molecule has 1 aromatic carbocycles. The molecule has 1 N–H and O–H groups in total. The highest BCUT2D eigenvalue weighted by molar-refractivity contribution is 5.85. The number of methoxy groups -OCH3 is 2. The minimum Gasteiger partial charge on any atom is -0.497 e. The maximum Gasteiger partial charge on any atom is 0.389 e. The molecule has 0 saturated carbocycles. The molecule has 138 valence electrons. The van der Waals surface area contributed by atoms with Crippen molar-refractivity contribution < 1.29 is 22.6 Å². The minimum atomic E-state index is -4.16. The average Bonchev–Trinajstić information content (AvgIpc) is 2.55. The molecule has 0 spiro atoms. The first-order chi connectivity index (χ1) is 10.9. The molecule has 1 aliphatic heterocycles. The van der Waals surface area contributed by atoms with Crippen molar-refractivity contribution in [3.63, 3.8) is 0 Å². The van der Waals surface area contributed by atoms with Crippen LogP contribution >= 0.6 is 12.4 Å². The summed E-state index contributed by atoms with van der Waals surface area (Å²) in [5.74, 6) is 1.19. The summed E-state index contributed by atoms with van der Waals surface area (Å²) in [7, 11) is 3.07. The Labute approximate surface area is 146 Å². The van der Waals surface area contributed by atoms with E-state index in [1.54, 1.807) is 25.3 Å². The molecule has 0 aromatic heterocycles. The fourth-order valence-corrected chi connectivity index (χ4v) is 2.92.